The number of amides is 2. The standard InChI is InChI=1S/C21H25N3O4/c1-15(22-23-21(26)19-10-13-27-16(19)2)17-6-8-18(9-7-17)28-14-20(25)24-11-4-3-5-12-24/h6-10,13H,3-5,11-12,14H2,1-2H3,(H,23,26)/b22-15-. The van der Waals surface area contributed by atoms with Gasteiger partial charge in [0.25, 0.3) is 11.8 Å². The summed E-state index contributed by atoms with van der Waals surface area (Å²) in [5, 5.41) is 4.13. The molecule has 7 heteroatoms. The smallest absolute Gasteiger partial charge is 0.274 e. The molecule has 1 saturated heterocycles. The Bertz CT molecular complexity index is 849. The quantitative estimate of drug-likeness (QED) is 0.614. The zero-order valence-electron chi connectivity index (χ0n) is 16.2. The van der Waals surface area contributed by atoms with Gasteiger partial charge in [-0.05, 0) is 69.0 Å². The maximum Gasteiger partial charge on any atom is 0.274 e. The monoisotopic (exact) mass is 383 g/mol. The van der Waals surface area contributed by atoms with E-state index in [1.165, 1.54) is 12.7 Å². The van der Waals surface area contributed by atoms with Crippen molar-refractivity contribution in [3.8, 4) is 5.75 Å². The number of hydrogen-bond donors (Lipinski definition) is 1. The molecule has 0 unspecified atom stereocenters. The first-order valence-corrected chi connectivity index (χ1v) is 9.44. The molecule has 1 aliphatic heterocycles. The number of carbonyl (C=O) groups is 2. The van der Waals surface area contributed by atoms with E-state index in [9.17, 15) is 9.59 Å². The lowest BCUT2D eigenvalue weighted by atomic mass is 10.1. The molecule has 0 saturated carbocycles. The number of hydrazone groups is 1. The second-order valence-electron chi connectivity index (χ2n) is 6.78. The van der Waals surface area contributed by atoms with Crippen LogP contribution in [0.15, 0.2) is 46.1 Å². The minimum Gasteiger partial charge on any atom is -0.484 e. The Balaban J connectivity index is 1.52. The van der Waals surface area contributed by atoms with Crippen molar-refractivity contribution >= 4 is 17.5 Å². The van der Waals surface area contributed by atoms with Crippen LogP contribution in [0, 0.1) is 6.92 Å². The third kappa shape index (κ3) is 5.00. The van der Waals surface area contributed by atoms with Crippen LogP contribution < -0.4 is 10.2 Å². The molecule has 28 heavy (non-hydrogen) atoms. The van der Waals surface area contributed by atoms with Gasteiger partial charge in [0.05, 0.1) is 17.5 Å². The summed E-state index contributed by atoms with van der Waals surface area (Å²) in [5.41, 5.74) is 4.48. The number of ether oxygens (including phenoxy) is 1. The van der Waals surface area contributed by atoms with Crippen molar-refractivity contribution in [3.63, 3.8) is 0 Å². The van der Waals surface area contributed by atoms with E-state index in [1.54, 1.807) is 32.0 Å². The van der Waals surface area contributed by atoms with E-state index in [-0.39, 0.29) is 18.4 Å². The predicted molar refractivity (Wildman–Crippen MR) is 105 cm³/mol. The van der Waals surface area contributed by atoms with Crippen LogP contribution in [0.2, 0.25) is 0 Å². The Labute approximate surface area is 164 Å². The van der Waals surface area contributed by atoms with Crippen LogP contribution >= 0.6 is 0 Å². The number of carbonyl (C=O) groups excluding carboxylic acids is 2. The van der Waals surface area contributed by atoms with Gasteiger partial charge in [-0.25, -0.2) is 5.43 Å². The molecule has 0 radical (unpaired) electrons. The molecule has 2 aromatic rings. The third-order valence-electron chi connectivity index (χ3n) is 4.77. The third-order valence-corrected chi connectivity index (χ3v) is 4.77. The summed E-state index contributed by atoms with van der Waals surface area (Å²) in [6, 6.07) is 8.87. The van der Waals surface area contributed by atoms with E-state index in [0.717, 1.165) is 31.5 Å². The Morgan fingerprint density at radius 3 is 2.50 bits per heavy atom. The zero-order valence-corrected chi connectivity index (χ0v) is 16.2. The van der Waals surface area contributed by atoms with E-state index in [0.29, 0.717) is 22.8 Å². The van der Waals surface area contributed by atoms with Crippen molar-refractivity contribution < 1.29 is 18.7 Å². The molecule has 148 valence electrons. The zero-order chi connectivity index (χ0) is 19.9. The van der Waals surface area contributed by atoms with Gasteiger partial charge in [0.15, 0.2) is 6.61 Å². The number of aryl methyl sites for hydroxylation is 1. The molecule has 2 heterocycles. The number of furan rings is 1. The van der Waals surface area contributed by atoms with Crippen LogP contribution in [-0.4, -0.2) is 42.1 Å². The van der Waals surface area contributed by atoms with Gasteiger partial charge >= 0.3 is 0 Å². The largest absolute Gasteiger partial charge is 0.484 e. The summed E-state index contributed by atoms with van der Waals surface area (Å²) < 4.78 is 10.7. The van der Waals surface area contributed by atoms with Crippen LogP contribution in [-0.2, 0) is 4.79 Å². The van der Waals surface area contributed by atoms with Gasteiger partial charge in [-0.15, -0.1) is 0 Å². The normalized spacial score (nSPS) is 14.6. The number of rotatable bonds is 6. The summed E-state index contributed by atoms with van der Waals surface area (Å²) >= 11 is 0. The van der Waals surface area contributed by atoms with Gasteiger partial charge in [0.1, 0.15) is 11.5 Å². The summed E-state index contributed by atoms with van der Waals surface area (Å²) in [4.78, 5) is 26.1. The molecule has 1 aromatic carbocycles. The van der Waals surface area contributed by atoms with Gasteiger partial charge in [-0.2, -0.15) is 5.10 Å². The lowest BCUT2D eigenvalue weighted by molar-refractivity contribution is -0.134. The lowest BCUT2D eigenvalue weighted by Gasteiger charge is -2.26. The predicted octanol–water partition coefficient (Wildman–Crippen LogP) is 3.13. The highest BCUT2D eigenvalue weighted by molar-refractivity contribution is 6.01. The van der Waals surface area contributed by atoms with Gasteiger partial charge in [0, 0.05) is 13.1 Å². The van der Waals surface area contributed by atoms with Crippen LogP contribution in [0.3, 0.4) is 0 Å². The van der Waals surface area contributed by atoms with Crippen molar-refractivity contribution in [3.05, 3.63) is 53.5 Å². The maximum absolute atomic E-state index is 12.2. The van der Waals surface area contributed by atoms with Crippen molar-refractivity contribution in [2.45, 2.75) is 33.1 Å². The average Bonchev–Trinajstić information content (AvgIpc) is 3.17. The molecule has 1 N–H and O–H groups in total. The number of nitrogens with one attached hydrogen (secondary N) is 1. The second kappa shape index (κ2) is 9.21. The fourth-order valence-electron chi connectivity index (χ4n) is 3.05. The fourth-order valence-corrected chi connectivity index (χ4v) is 3.05. The number of nitrogens with zero attached hydrogens (tertiary/aromatic N) is 2. The average molecular weight is 383 g/mol. The minimum atomic E-state index is -0.318. The Morgan fingerprint density at radius 2 is 1.86 bits per heavy atom. The molecule has 7 nitrogen and oxygen atoms in total. The summed E-state index contributed by atoms with van der Waals surface area (Å²) in [6.07, 6.45) is 4.79. The molecule has 0 bridgehead atoms. The van der Waals surface area contributed by atoms with Gasteiger partial charge in [0.2, 0.25) is 0 Å². The maximum atomic E-state index is 12.2. The molecule has 0 spiro atoms. The van der Waals surface area contributed by atoms with Crippen molar-refractivity contribution in [1.29, 1.82) is 0 Å². The van der Waals surface area contributed by atoms with E-state index in [1.807, 2.05) is 17.0 Å². The molecular weight excluding hydrogens is 358 g/mol. The van der Waals surface area contributed by atoms with Crippen molar-refractivity contribution in [1.82, 2.24) is 10.3 Å². The first-order chi connectivity index (χ1) is 13.5. The highest BCUT2D eigenvalue weighted by atomic mass is 16.5. The Morgan fingerprint density at radius 1 is 1.14 bits per heavy atom. The Kier molecular flexibility index (Phi) is 6.47. The lowest BCUT2D eigenvalue weighted by Crippen LogP contribution is -2.38. The van der Waals surface area contributed by atoms with Crippen LogP contribution in [0.25, 0.3) is 0 Å². The topological polar surface area (TPSA) is 84.1 Å². The SMILES string of the molecule is C/C(=N/NC(=O)c1ccoc1C)c1ccc(OCC(=O)N2CCCCC2)cc1. The highest BCUT2D eigenvalue weighted by Gasteiger charge is 2.16. The summed E-state index contributed by atoms with van der Waals surface area (Å²) in [5.74, 6) is 0.881. The summed E-state index contributed by atoms with van der Waals surface area (Å²) in [6.45, 7) is 5.22. The molecular formula is C21H25N3O4. The van der Waals surface area contributed by atoms with E-state index >= 15 is 0 Å². The van der Waals surface area contributed by atoms with Crippen molar-refractivity contribution in [2.75, 3.05) is 19.7 Å². The molecule has 0 atom stereocenters. The molecule has 2 amide bonds. The van der Waals surface area contributed by atoms with Crippen LogP contribution in [0.5, 0.6) is 5.75 Å². The first-order valence-electron chi connectivity index (χ1n) is 9.44. The second-order valence-corrected chi connectivity index (χ2v) is 6.78. The van der Waals surface area contributed by atoms with Gasteiger partial charge in [-0.1, -0.05) is 0 Å². The molecule has 1 fully saturated rings. The molecule has 0 aliphatic carbocycles. The number of piperidine rings is 1. The van der Waals surface area contributed by atoms with Crippen LogP contribution in [0.4, 0.5) is 0 Å². The van der Waals surface area contributed by atoms with Gasteiger partial charge in [-0.3, -0.25) is 9.59 Å². The van der Waals surface area contributed by atoms with E-state index in [4.69, 9.17) is 9.15 Å². The number of likely N-dealkylation sites (tertiary alicyclic amines) is 1. The number of hydrogen-bond acceptors (Lipinski definition) is 5. The summed E-state index contributed by atoms with van der Waals surface area (Å²) in [7, 11) is 0. The first kappa shape index (κ1) is 19.7. The Hall–Kier alpha value is -3.09. The van der Waals surface area contributed by atoms with E-state index < -0.39 is 0 Å². The molecule has 1 aromatic heterocycles. The highest BCUT2D eigenvalue weighted by Crippen LogP contribution is 2.14. The molecule has 1 aliphatic rings. The van der Waals surface area contributed by atoms with E-state index in [2.05, 4.69) is 10.5 Å². The van der Waals surface area contributed by atoms with Gasteiger partial charge < -0.3 is 14.1 Å². The molecule has 3 rings (SSSR count). The fraction of sp³-hybridized carbons (Fsp3) is 0.381. The van der Waals surface area contributed by atoms with Crippen molar-refractivity contribution in [2.24, 2.45) is 5.10 Å². The minimum absolute atomic E-state index is 0.0266. The number of benzene rings is 1. The van der Waals surface area contributed by atoms with Crippen LogP contribution in [0.1, 0.15) is 47.9 Å².